The van der Waals surface area contributed by atoms with Crippen molar-refractivity contribution in [3.63, 3.8) is 0 Å². The summed E-state index contributed by atoms with van der Waals surface area (Å²) >= 11 is 0. The topological polar surface area (TPSA) is 66.0 Å². The summed E-state index contributed by atoms with van der Waals surface area (Å²) in [5.41, 5.74) is 6.70. The Morgan fingerprint density at radius 1 is 1.28 bits per heavy atom. The van der Waals surface area contributed by atoms with Crippen molar-refractivity contribution in [2.45, 2.75) is 0 Å². The monoisotopic (exact) mass is 244 g/mol. The second kappa shape index (κ2) is 4.83. The second-order valence-corrected chi connectivity index (χ2v) is 3.80. The molecule has 2 aromatic rings. The SMILES string of the molecule is CN(c1ccccc1C(=N)N)c1ncccc1F. The average molecular weight is 244 g/mol. The number of nitrogens with zero attached hydrogens (tertiary/aromatic N) is 2. The van der Waals surface area contributed by atoms with Gasteiger partial charge in [-0.05, 0) is 24.3 Å². The summed E-state index contributed by atoms with van der Waals surface area (Å²) in [4.78, 5) is 5.57. The van der Waals surface area contributed by atoms with Crippen LogP contribution in [-0.4, -0.2) is 17.9 Å². The Bertz CT molecular complexity index is 583. The van der Waals surface area contributed by atoms with Gasteiger partial charge >= 0.3 is 0 Å². The number of para-hydroxylation sites is 1. The number of rotatable bonds is 3. The van der Waals surface area contributed by atoms with E-state index in [1.54, 1.807) is 36.2 Å². The molecule has 0 unspecified atom stereocenters. The van der Waals surface area contributed by atoms with E-state index < -0.39 is 5.82 Å². The lowest BCUT2D eigenvalue weighted by Crippen LogP contribution is -2.19. The Kier molecular flexibility index (Phi) is 3.23. The summed E-state index contributed by atoms with van der Waals surface area (Å²) in [7, 11) is 1.69. The molecule has 0 fully saturated rings. The molecule has 0 aliphatic carbocycles. The molecule has 0 aliphatic rings. The molecule has 3 N–H and O–H groups in total. The van der Waals surface area contributed by atoms with E-state index in [1.807, 2.05) is 0 Å². The van der Waals surface area contributed by atoms with Crippen LogP contribution in [0.3, 0.4) is 0 Å². The molecule has 4 nitrogen and oxygen atoms in total. The second-order valence-electron chi connectivity index (χ2n) is 3.80. The van der Waals surface area contributed by atoms with Crippen molar-refractivity contribution >= 4 is 17.3 Å². The summed E-state index contributed by atoms with van der Waals surface area (Å²) in [5.74, 6) is -0.279. The predicted molar refractivity (Wildman–Crippen MR) is 69.7 cm³/mol. The Labute approximate surface area is 104 Å². The van der Waals surface area contributed by atoms with Gasteiger partial charge in [-0.2, -0.15) is 0 Å². The van der Waals surface area contributed by atoms with Gasteiger partial charge < -0.3 is 10.6 Å². The van der Waals surface area contributed by atoms with Crippen LogP contribution in [0.1, 0.15) is 5.56 Å². The molecule has 0 atom stereocenters. The zero-order valence-corrected chi connectivity index (χ0v) is 9.89. The van der Waals surface area contributed by atoms with Crippen LogP contribution in [0.5, 0.6) is 0 Å². The number of amidine groups is 1. The van der Waals surface area contributed by atoms with Crippen LogP contribution in [-0.2, 0) is 0 Å². The third kappa shape index (κ3) is 2.15. The highest BCUT2D eigenvalue weighted by atomic mass is 19.1. The fraction of sp³-hybridized carbons (Fsp3) is 0.0769. The molecule has 92 valence electrons. The van der Waals surface area contributed by atoms with Gasteiger partial charge in [0.15, 0.2) is 11.6 Å². The number of halogens is 1. The maximum Gasteiger partial charge on any atom is 0.169 e. The molecule has 5 heteroatoms. The molecule has 0 amide bonds. The van der Waals surface area contributed by atoms with E-state index in [0.717, 1.165) is 0 Å². The van der Waals surface area contributed by atoms with Gasteiger partial charge in [-0.1, -0.05) is 12.1 Å². The van der Waals surface area contributed by atoms with E-state index in [1.165, 1.54) is 18.3 Å². The van der Waals surface area contributed by atoms with E-state index in [0.29, 0.717) is 11.3 Å². The van der Waals surface area contributed by atoms with Gasteiger partial charge in [0.05, 0.1) is 5.69 Å². The Balaban J connectivity index is 2.50. The minimum atomic E-state index is -0.418. The number of anilines is 2. The summed E-state index contributed by atoms with van der Waals surface area (Å²) in [6, 6.07) is 9.95. The van der Waals surface area contributed by atoms with Crippen LogP contribution in [0.2, 0.25) is 0 Å². The van der Waals surface area contributed by atoms with Crippen LogP contribution < -0.4 is 10.6 Å². The van der Waals surface area contributed by atoms with E-state index in [9.17, 15) is 4.39 Å². The number of hydrogen-bond donors (Lipinski definition) is 2. The molecule has 2 rings (SSSR count). The normalized spacial score (nSPS) is 10.1. The van der Waals surface area contributed by atoms with E-state index >= 15 is 0 Å². The first-order valence-electron chi connectivity index (χ1n) is 5.39. The third-order valence-electron chi connectivity index (χ3n) is 2.61. The molecule has 0 bridgehead atoms. The Morgan fingerprint density at radius 2 is 2.00 bits per heavy atom. The minimum absolute atomic E-state index is 0.0613. The molecular formula is C13H13FN4. The van der Waals surface area contributed by atoms with Gasteiger partial charge in [-0.3, -0.25) is 5.41 Å². The van der Waals surface area contributed by atoms with Gasteiger partial charge in [0, 0.05) is 18.8 Å². The standard InChI is InChI=1S/C13H13FN4/c1-18(13-10(14)6-4-8-17-13)11-7-3-2-5-9(11)12(15)16/h2-8H,1H3,(H3,15,16). The average Bonchev–Trinajstić information content (AvgIpc) is 2.38. The van der Waals surface area contributed by atoms with Crippen LogP contribution in [0.4, 0.5) is 15.9 Å². The fourth-order valence-corrected chi connectivity index (χ4v) is 1.73. The molecule has 0 spiro atoms. The molecule has 0 saturated heterocycles. The molecule has 0 radical (unpaired) electrons. The highest BCUT2D eigenvalue weighted by Crippen LogP contribution is 2.26. The van der Waals surface area contributed by atoms with Crippen LogP contribution in [0.15, 0.2) is 42.6 Å². The van der Waals surface area contributed by atoms with Crippen LogP contribution >= 0.6 is 0 Å². The molecular weight excluding hydrogens is 231 g/mol. The third-order valence-corrected chi connectivity index (χ3v) is 2.61. The summed E-state index contributed by atoms with van der Waals surface area (Å²) < 4.78 is 13.7. The summed E-state index contributed by atoms with van der Waals surface area (Å²) in [6.07, 6.45) is 1.52. The lowest BCUT2D eigenvalue weighted by atomic mass is 10.1. The van der Waals surface area contributed by atoms with Crippen molar-refractivity contribution in [2.75, 3.05) is 11.9 Å². The molecule has 1 aromatic carbocycles. The Hall–Kier alpha value is -2.43. The van der Waals surface area contributed by atoms with Crippen molar-refractivity contribution in [3.8, 4) is 0 Å². The van der Waals surface area contributed by atoms with E-state index in [2.05, 4.69) is 4.98 Å². The quantitative estimate of drug-likeness (QED) is 0.643. The lowest BCUT2D eigenvalue weighted by Gasteiger charge is -2.21. The zero-order chi connectivity index (χ0) is 13.1. The number of aromatic nitrogens is 1. The zero-order valence-electron chi connectivity index (χ0n) is 9.89. The van der Waals surface area contributed by atoms with Gasteiger partial charge in [0.2, 0.25) is 0 Å². The molecule has 18 heavy (non-hydrogen) atoms. The van der Waals surface area contributed by atoms with Crippen LogP contribution in [0, 0.1) is 11.2 Å². The van der Waals surface area contributed by atoms with Crippen molar-refractivity contribution in [1.29, 1.82) is 5.41 Å². The first-order chi connectivity index (χ1) is 8.61. The van der Waals surface area contributed by atoms with Gasteiger partial charge in [-0.15, -0.1) is 0 Å². The first-order valence-corrected chi connectivity index (χ1v) is 5.39. The van der Waals surface area contributed by atoms with Crippen LogP contribution in [0.25, 0.3) is 0 Å². The van der Waals surface area contributed by atoms with Gasteiger partial charge in [-0.25, -0.2) is 9.37 Å². The fourth-order valence-electron chi connectivity index (χ4n) is 1.73. The number of pyridine rings is 1. The largest absolute Gasteiger partial charge is 0.384 e. The number of nitrogens with one attached hydrogen (secondary N) is 1. The van der Waals surface area contributed by atoms with E-state index in [4.69, 9.17) is 11.1 Å². The molecule has 0 aliphatic heterocycles. The lowest BCUT2D eigenvalue weighted by molar-refractivity contribution is 0.621. The number of benzene rings is 1. The summed E-state index contributed by atoms with van der Waals surface area (Å²) in [6.45, 7) is 0. The Morgan fingerprint density at radius 3 is 2.67 bits per heavy atom. The highest BCUT2D eigenvalue weighted by Gasteiger charge is 2.14. The number of nitrogens with two attached hydrogens (primary N) is 1. The van der Waals surface area contributed by atoms with Crippen molar-refractivity contribution in [3.05, 3.63) is 54.0 Å². The molecule has 0 saturated carbocycles. The predicted octanol–water partition coefficient (Wildman–Crippen LogP) is 2.27. The van der Waals surface area contributed by atoms with E-state index in [-0.39, 0.29) is 11.7 Å². The minimum Gasteiger partial charge on any atom is -0.384 e. The maximum absolute atomic E-state index is 13.7. The van der Waals surface area contributed by atoms with Crippen molar-refractivity contribution < 1.29 is 4.39 Å². The summed E-state index contributed by atoms with van der Waals surface area (Å²) in [5, 5.41) is 7.52. The van der Waals surface area contributed by atoms with Crippen molar-refractivity contribution in [1.82, 2.24) is 4.98 Å². The maximum atomic E-state index is 13.7. The van der Waals surface area contributed by atoms with Gasteiger partial charge in [0.25, 0.3) is 0 Å². The highest BCUT2D eigenvalue weighted by molar-refractivity contribution is 6.01. The number of nitrogen functional groups attached to an aromatic ring is 1. The first kappa shape index (κ1) is 12.0. The smallest absolute Gasteiger partial charge is 0.169 e. The van der Waals surface area contributed by atoms with Gasteiger partial charge in [0.1, 0.15) is 5.84 Å². The molecule has 1 aromatic heterocycles. The molecule has 1 heterocycles. The number of hydrogen-bond acceptors (Lipinski definition) is 3. The van der Waals surface area contributed by atoms with Crippen molar-refractivity contribution in [2.24, 2.45) is 5.73 Å².